The smallest absolute Gasteiger partial charge is 0.286 e. The maximum atomic E-state index is 12.9. The van der Waals surface area contributed by atoms with Crippen molar-refractivity contribution in [2.75, 3.05) is 36.9 Å². The number of carbonyl (C=O) groups excluding carboxylic acids is 2. The van der Waals surface area contributed by atoms with Gasteiger partial charge in [-0.25, -0.2) is 0 Å². The normalized spacial score (nSPS) is 11.0. The van der Waals surface area contributed by atoms with Crippen molar-refractivity contribution >= 4 is 45.9 Å². The molecule has 4 rings (SSSR count). The Balaban J connectivity index is 1.48. The lowest BCUT2D eigenvalue weighted by molar-refractivity contribution is 0.101. The monoisotopic (exact) mass is 582 g/mol. The number of aliphatic hydroxyl groups is 2. The minimum absolute atomic E-state index is 0.0192. The Labute approximate surface area is 238 Å². The van der Waals surface area contributed by atoms with E-state index < -0.39 is 0 Å². The highest BCUT2D eigenvalue weighted by molar-refractivity contribution is 7.13. The Morgan fingerprint density at radius 2 is 1.12 bits per heavy atom. The molecule has 0 aliphatic rings. The predicted octanol–water partition coefficient (Wildman–Crippen LogP) is 2.34. The summed E-state index contributed by atoms with van der Waals surface area (Å²) in [4.78, 5) is 25.7. The minimum Gasteiger partial charge on any atom is -0.395 e. The average molecular weight is 583 g/mol. The molecule has 0 saturated heterocycles. The third-order valence-corrected chi connectivity index (χ3v) is 7.75. The SMILES string of the molecule is Cc1c(NC(=O)c2nnc(CNCCO)s2)cccc1-c1cccc(NC(=O)c2nnc(CNCCO)s2)c1C. The van der Waals surface area contributed by atoms with E-state index in [1.54, 1.807) is 0 Å². The fourth-order valence-corrected chi connectivity index (χ4v) is 5.27. The van der Waals surface area contributed by atoms with Crippen molar-refractivity contribution in [3.05, 3.63) is 67.6 Å². The molecule has 6 N–H and O–H groups in total. The fraction of sp³-hybridized carbons (Fsp3) is 0.308. The standard InChI is InChI=1S/C26H30N8O4S2/c1-15-17(5-3-7-19(15)29-23(37)25-33-31-21(39-25)13-27-9-11-35)18-6-4-8-20(16(18)2)30-24(38)26-34-32-22(40-26)14-28-10-12-36/h3-8,27-28,35-36H,9-14H2,1-2H3,(H,29,37)(H,30,38). The number of benzene rings is 2. The van der Waals surface area contributed by atoms with E-state index in [4.69, 9.17) is 10.2 Å². The van der Waals surface area contributed by atoms with Crippen molar-refractivity contribution in [3.63, 3.8) is 0 Å². The summed E-state index contributed by atoms with van der Waals surface area (Å²) >= 11 is 2.38. The number of nitrogens with zero attached hydrogens (tertiary/aromatic N) is 4. The molecule has 40 heavy (non-hydrogen) atoms. The van der Waals surface area contributed by atoms with Crippen LogP contribution in [0.5, 0.6) is 0 Å². The van der Waals surface area contributed by atoms with Gasteiger partial charge in [0.1, 0.15) is 10.0 Å². The van der Waals surface area contributed by atoms with Crippen molar-refractivity contribution in [2.24, 2.45) is 0 Å². The molecule has 0 unspecified atom stereocenters. The first-order valence-electron chi connectivity index (χ1n) is 12.5. The summed E-state index contributed by atoms with van der Waals surface area (Å²) in [6, 6.07) is 11.3. The Morgan fingerprint density at radius 3 is 1.52 bits per heavy atom. The third kappa shape index (κ3) is 7.29. The lowest BCUT2D eigenvalue weighted by Gasteiger charge is -2.16. The average Bonchev–Trinajstić information content (AvgIpc) is 3.62. The Morgan fingerprint density at radius 1 is 0.700 bits per heavy atom. The van der Waals surface area contributed by atoms with Gasteiger partial charge in [-0.2, -0.15) is 0 Å². The summed E-state index contributed by atoms with van der Waals surface area (Å²) in [7, 11) is 0. The van der Waals surface area contributed by atoms with Gasteiger partial charge in [0.25, 0.3) is 11.8 Å². The van der Waals surface area contributed by atoms with Crippen LogP contribution in [0.4, 0.5) is 11.4 Å². The molecule has 0 saturated carbocycles. The van der Waals surface area contributed by atoms with E-state index in [1.807, 2.05) is 50.2 Å². The van der Waals surface area contributed by atoms with E-state index in [0.29, 0.717) is 47.6 Å². The highest BCUT2D eigenvalue weighted by Gasteiger charge is 2.18. The van der Waals surface area contributed by atoms with Gasteiger partial charge < -0.3 is 31.5 Å². The van der Waals surface area contributed by atoms with Gasteiger partial charge in [-0.1, -0.05) is 46.9 Å². The number of aromatic nitrogens is 4. The molecule has 4 aromatic rings. The predicted molar refractivity (Wildman–Crippen MR) is 155 cm³/mol. The summed E-state index contributed by atoms with van der Waals surface area (Å²) in [6.07, 6.45) is 0. The second kappa shape index (κ2) is 14.1. The van der Waals surface area contributed by atoms with Gasteiger partial charge in [0, 0.05) is 37.6 Å². The second-order valence-electron chi connectivity index (χ2n) is 8.67. The molecule has 2 amide bonds. The van der Waals surface area contributed by atoms with Crippen LogP contribution in [0.3, 0.4) is 0 Å². The maximum absolute atomic E-state index is 12.9. The molecular formula is C26H30N8O4S2. The zero-order chi connectivity index (χ0) is 28.5. The molecule has 0 aliphatic heterocycles. The van der Waals surface area contributed by atoms with Crippen LogP contribution in [-0.4, -0.2) is 68.7 Å². The van der Waals surface area contributed by atoms with E-state index in [-0.39, 0.29) is 35.0 Å². The molecular weight excluding hydrogens is 552 g/mol. The number of anilines is 2. The number of hydrogen-bond donors (Lipinski definition) is 6. The zero-order valence-corrected chi connectivity index (χ0v) is 23.7. The van der Waals surface area contributed by atoms with Crippen LogP contribution in [0.2, 0.25) is 0 Å². The quantitative estimate of drug-likeness (QED) is 0.128. The fourth-order valence-electron chi connectivity index (χ4n) is 3.86. The summed E-state index contributed by atoms with van der Waals surface area (Å²) < 4.78 is 0. The number of nitrogens with one attached hydrogen (secondary N) is 4. The molecule has 210 valence electrons. The molecule has 0 radical (unpaired) electrons. The molecule has 12 nitrogen and oxygen atoms in total. The first-order chi connectivity index (χ1) is 19.4. The molecule has 14 heteroatoms. The molecule has 0 bridgehead atoms. The van der Waals surface area contributed by atoms with Gasteiger partial charge in [-0.3, -0.25) is 9.59 Å². The third-order valence-electron chi connectivity index (χ3n) is 5.91. The van der Waals surface area contributed by atoms with E-state index in [9.17, 15) is 9.59 Å². The van der Waals surface area contributed by atoms with Gasteiger partial charge in [-0.15, -0.1) is 20.4 Å². The zero-order valence-electron chi connectivity index (χ0n) is 22.0. The van der Waals surface area contributed by atoms with Gasteiger partial charge in [-0.05, 0) is 48.2 Å². The Bertz CT molecular complexity index is 1360. The van der Waals surface area contributed by atoms with Crippen LogP contribution in [0, 0.1) is 13.8 Å². The lowest BCUT2D eigenvalue weighted by Crippen LogP contribution is -2.17. The van der Waals surface area contributed by atoms with Gasteiger partial charge >= 0.3 is 0 Å². The summed E-state index contributed by atoms with van der Waals surface area (Å²) in [5.41, 5.74) is 4.82. The van der Waals surface area contributed by atoms with Gasteiger partial charge in [0.15, 0.2) is 0 Å². The van der Waals surface area contributed by atoms with Crippen molar-refractivity contribution < 1.29 is 19.8 Å². The molecule has 0 fully saturated rings. The van der Waals surface area contributed by atoms with Crippen molar-refractivity contribution in [1.82, 2.24) is 31.0 Å². The number of aliphatic hydroxyl groups excluding tert-OH is 2. The van der Waals surface area contributed by atoms with Crippen LogP contribution in [-0.2, 0) is 13.1 Å². The van der Waals surface area contributed by atoms with E-state index in [0.717, 1.165) is 22.3 Å². The van der Waals surface area contributed by atoms with Crippen molar-refractivity contribution in [1.29, 1.82) is 0 Å². The molecule has 2 aromatic carbocycles. The Hall–Kier alpha value is -3.66. The van der Waals surface area contributed by atoms with E-state index >= 15 is 0 Å². The van der Waals surface area contributed by atoms with Gasteiger partial charge in [0.2, 0.25) is 10.0 Å². The highest BCUT2D eigenvalue weighted by atomic mass is 32.1. The molecule has 2 heterocycles. The van der Waals surface area contributed by atoms with Crippen LogP contribution in [0.1, 0.15) is 40.7 Å². The minimum atomic E-state index is -0.355. The molecule has 0 atom stereocenters. The highest BCUT2D eigenvalue weighted by Crippen LogP contribution is 2.34. The van der Waals surface area contributed by atoms with Crippen LogP contribution in [0.15, 0.2) is 36.4 Å². The van der Waals surface area contributed by atoms with Crippen LogP contribution < -0.4 is 21.3 Å². The van der Waals surface area contributed by atoms with E-state index in [2.05, 4.69) is 41.7 Å². The number of amides is 2. The van der Waals surface area contributed by atoms with Crippen molar-refractivity contribution in [3.8, 4) is 11.1 Å². The molecule has 0 spiro atoms. The largest absolute Gasteiger partial charge is 0.395 e. The lowest BCUT2D eigenvalue weighted by atomic mass is 9.94. The number of rotatable bonds is 13. The number of carbonyl (C=O) groups is 2. The maximum Gasteiger partial charge on any atom is 0.286 e. The summed E-state index contributed by atoms with van der Waals surface area (Å²) in [6.45, 7) is 5.61. The molecule has 2 aromatic heterocycles. The second-order valence-corrected chi connectivity index (χ2v) is 10.8. The first-order valence-corrected chi connectivity index (χ1v) is 14.1. The molecule has 0 aliphatic carbocycles. The van der Waals surface area contributed by atoms with Gasteiger partial charge in [0.05, 0.1) is 13.2 Å². The van der Waals surface area contributed by atoms with Crippen molar-refractivity contribution in [2.45, 2.75) is 26.9 Å². The number of hydrogen-bond acceptors (Lipinski definition) is 12. The first kappa shape index (κ1) is 29.3. The Kier molecular flexibility index (Phi) is 10.3. The van der Waals surface area contributed by atoms with E-state index in [1.165, 1.54) is 22.7 Å². The topological polar surface area (TPSA) is 174 Å². The summed E-state index contributed by atoms with van der Waals surface area (Å²) in [5, 5.41) is 47.5. The van der Waals surface area contributed by atoms with Crippen LogP contribution >= 0.6 is 22.7 Å². The summed E-state index contributed by atoms with van der Waals surface area (Å²) in [5.74, 6) is -0.709. The van der Waals surface area contributed by atoms with Crippen LogP contribution in [0.25, 0.3) is 11.1 Å².